The van der Waals surface area contributed by atoms with E-state index < -0.39 is 0 Å². The molecule has 1 rings (SSSR count). The van der Waals surface area contributed by atoms with Gasteiger partial charge in [-0.15, -0.1) is 0 Å². The molecule has 0 aromatic heterocycles. The normalized spacial score (nSPS) is 11.6. The molecule has 17 heavy (non-hydrogen) atoms. The van der Waals surface area contributed by atoms with Gasteiger partial charge in [0.2, 0.25) is 5.96 Å². The summed E-state index contributed by atoms with van der Waals surface area (Å²) in [5.74, 6) is 0.206. The molecule has 0 atom stereocenters. The molecule has 0 spiro atoms. The van der Waals surface area contributed by atoms with Gasteiger partial charge in [-0.25, -0.2) is 4.99 Å². The predicted octanol–water partition coefficient (Wildman–Crippen LogP) is 0.735. The van der Waals surface area contributed by atoms with Crippen LogP contribution in [0.15, 0.2) is 28.2 Å². The number of hydrogen-bond donors (Lipinski definition) is 4. The highest BCUT2D eigenvalue weighted by Gasteiger charge is 2.06. The second kappa shape index (κ2) is 5.20. The summed E-state index contributed by atoms with van der Waals surface area (Å²) < 4.78 is 0. The van der Waals surface area contributed by atoms with E-state index in [1.165, 1.54) is 6.07 Å². The third-order valence-corrected chi connectivity index (χ3v) is 2.12. The van der Waals surface area contributed by atoms with E-state index in [9.17, 15) is 5.11 Å². The second-order valence-corrected chi connectivity index (χ2v) is 3.90. The topological polar surface area (TPSA) is 123 Å². The summed E-state index contributed by atoms with van der Waals surface area (Å²) in [6.07, 6.45) is 0. The van der Waals surface area contributed by atoms with Crippen LogP contribution in [0, 0.1) is 0 Å². The third-order valence-electron chi connectivity index (χ3n) is 2.12. The molecule has 0 fully saturated rings. The lowest BCUT2D eigenvalue weighted by Gasteiger charge is -2.08. The quantitative estimate of drug-likeness (QED) is 0.445. The summed E-state index contributed by atoms with van der Waals surface area (Å²) in [4.78, 5) is 7.53. The molecular weight excluding hydrogens is 218 g/mol. The Morgan fingerprint density at radius 1 is 1.24 bits per heavy atom. The van der Waals surface area contributed by atoms with Crippen LogP contribution in [-0.4, -0.2) is 17.0 Å². The van der Waals surface area contributed by atoms with Gasteiger partial charge < -0.3 is 22.3 Å². The number of phenolic OH excluding ortho intramolecular Hbond substituents is 1. The minimum atomic E-state index is -0.158. The van der Waals surface area contributed by atoms with Crippen molar-refractivity contribution in [2.75, 3.05) is 0 Å². The fraction of sp³-hybridized carbons (Fsp3) is 0.273. The van der Waals surface area contributed by atoms with Gasteiger partial charge in [0, 0.05) is 6.07 Å². The van der Waals surface area contributed by atoms with Crippen LogP contribution in [0.4, 0.5) is 5.69 Å². The van der Waals surface area contributed by atoms with Gasteiger partial charge in [-0.05, 0) is 17.5 Å². The van der Waals surface area contributed by atoms with Crippen LogP contribution in [0.3, 0.4) is 0 Å². The Labute approximate surface area is 99.9 Å². The molecule has 92 valence electrons. The maximum absolute atomic E-state index is 9.76. The Bertz CT molecular complexity index is 461. The van der Waals surface area contributed by atoms with E-state index in [4.69, 9.17) is 17.2 Å². The number of nitrogens with zero attached hydrogens (tertiary/aromatic N) is 2. The molecule has 6 heteroatoms. The average Bonchev–Trinajstić information content (AvgIpc) is 2.15. The molecule has 7 N–H and O–H groups in total. The minimum absolute atomic E-state index is 0.0540. The van der Waals surface area contributed by atoms with Crippen molar-refractivity contribution in [2.45, 2.75) is 19.8 Å². The molecule has 0 radical (unpaired) electrons. The molecule has 0 bridgehead atoms. The summed E-state index contributed by atoms with van der Waals surface area (Å²) >= 11 is 0. The van der Waals surface area contributed by atoms with Crippen molar-refractivity contribution in [1.82, 2.24) is 0 Å². The van der Waals surface area contributed by atoms with E-state index in [0.29, 0.717) is 5.69 Å². The van der Waals surface area contributed by atoms with Crippen LogP contribution >= 0.6 is 0 Å². The van der Waals surface area contributed by atoms with Gasteiger partial charge in [-0.3, -0.25) is 0 Å². The maximum Gasteiger partial charge on any atom is 0.223 e. The summed E-state index contributed by atoms with van der Waals surface area (Å²) in [6.45, 7) is 3.98. The first-order chi connectivity index (χ1) is 7.90. The molecule has 0 saturated heterocycles. The molecule has 6 nitrogen and oxygen atoms in total. The van der Waals surface area contributed by atoms with Crippen LogP contribution in [0.2, 0.25) is 0 Å². The molecule has 0 unspecified atom stereocenters. The minimum Gasteiger partial charge on any atom is -0.508 e. The van der Waals surface area contributed by atoms with Crippen molar-refractivity contribution >= 4 is 17.6 Å². The number of guanidine groups is 2. The number of aromatic hydroxyl groups is 1. The van der Waals surface area contributed by atoms with Gasteiger partial charge in [0.25, 0.3) is 0 Å². The summed E-state index contributed by atoms with van der Waals surface area (Å²) in [5, 5.41) is 9.76. The molecule has 0 aliphatic rings. The van der Waals surface area contributed by atoms with Crippen molar-refractivity contribution < 1.29 is 5.11 Å². The summed E-state index contributed by atoms with van der Waals surface area (Å²) in [5.41, 5.74) is 17.1. The molecule has 0 heterocycles. The number of benzene rings is 1. The molecule has 0 saturated carbocycles. The highest BCUT2D eigenvalue weighted by atomic mass is 16.3. The second-order valence-electron chi connectivity index (χ2n) is 3.90. The van der Waals surface area contributed by atoms with E-state index in [0.717, 1.165) is 5.56 Å². The van der Waals surface area contributed by atoms with E-state index >= 15 is 0 Å². The Balaban J connectivity index is 3.03. The molecule has 1 aromatic rings. The first-order valence-electron chi connectivity index (χ1n) is 5.17. The Morgan fingerprint density at radius 2 is 1.88 bits per heavy atom. The smallest absolute Gasteiger partial charge is 0.223 e. The van der Waals surface area contributed by atoms with Crippen LogP contribution in [0.25, 0.3) is 0 Å². The average molecular weight is 235 g/mol. The third kappa shape index (κ3) is 3.67. The van der Waals surface area contributed by atoms with Gasteiger partial charge in [0.1, 0.15) is 5.75 Å². The van der Waals surface area contributed by atoms with Gasteiger partial charge in [0.15, 0.2) is 5.96 Å². The Morgan fingerprint density at radius 3 is 2.35 bits per heavy atom. The first-order valence-corrected chi connectivity index (χ1v) is 5.17. The lowest BCUT2D eigenvalue weighted by molar-refractivity contribution is 0.465. The Hall–Kier alpha value is -2.24. The standard InChI is InChI=1S/C11H17N5O/c1-6(2)8-4-3-7(5-9(8)17)15-11(14)16-10(12)13/h3-6,17H,1-2H3,(H6,12,13,14,15,16). The number of phenols is 1. The zero-order chi connectivity index (χ0) is 13.0. The molecule has 0 aliphatic heterocycles. The van der Waals surface area contributed by atoms with Crippen molar-refractivity contribution in [3.05, 3.63) is 23.8 Å². The summed E-state index contributed by atoms with van der Waals surface area (Å²) in [7, 11) is 0. The molecule has 0 amide bonds. The first kappa shape index (κ1) is 12.8. The molecule has 1 aromatic carbocycles. The van der Waals surface area contributed by atoms with Crippen LogP contribution < -0.4 is 17.2 Å². The van der Waals surface area contributed by atoms with Crippen molar-refractivity contribution in [1.29, 1.82) is 0 Å². The highest BCUT2D eigenvalue weighted by molar-refractivity contribution is 5.93. The number of aliphatic imine (C=N–C) groups is 2. The van der Waals surface area contributed by atoms with Gasteiger partial charge in [-0.1, -0.05) is 19.9 Å². The maximum atomic E-state index is 9.76. The molecule has 0 aliphatic carbocycles. The lowest BCUT2D eigenvalue weighted by Crippen LogP contribution is -2.26. The predicted molar refractivity (Wildman–Crippen MR) is 69.3 cm³/mol. The summed E-state index contributed by atoms with van der Waals surface area (Å²) in [6, 6.07) is 5.05. The zero-order valence-electron chi connectivity index (χ0n) is 9.88. The van der Waals surface area contributed by atoms with Crippen LogP contribution in [0.1, 0.15) is 25.3 Å². The van der Waals surface area contributed by atoms with Crippen molar-refractivity contribution in [3.8, 4) is 5.75 Å². The fourth-order valence-corrected chi connectivity index (χ4v) is 1.38. The van der Waals surface area contributed by atoms with Crippen LogP contribution in [0.5, 0.6) is 5.75 Å². The van der Waals surface area contributed by atoms with Gasteiger partial charge in [-0.2, -0.15) is 4.99 Å². The van der Waals surface area contributed by atoms with E-state index in [2.05, 4.69) is 9.98 Å². The van der Waals surface area contributed by atoms with Crippen molar-refractivity contribution in [2.24, 2.45) is 27.2 Å². The number of hydrogen-bond acceptors (Lipinski definition) is 2. The van der Waals surface area contributed by atoms with Crippen LogP contribution in [-0.2, 0) is 0 Å². The monoisotopic (exact) mass is 235 g/mol. The Kier molecular flexibility index (Phi) is 3.92. The van der Waals surface area contributed by atoms with E-state index in [1.807, 2.05) is 13.8 Å². The van der Waals surface area contributed by atoms with Gasteiger partial charge in [0.05, 0.1) is 5.69 Å². The fourth-order valence-electron chi connectivity index (χ4n) is 1.38. The van der Waals surface area contributed by atoms with E-state index in [-0.39, 0.29) is 23.6 Å². The highest BCUT2D eigenvalue weighted by Crippen LogP contribution is 2.29. The van der Waals surface area contributed by atoms with Crippen molar-refractivity contribution in [3.63, 3.8) is 0 Å². The molecular formula is C11H17N5O. The number of nitrogens with two attached hydrogens (primary N) is 3. The SMILES string of the molecule is CC(C)c1ccc(N=C(N)N=C(N)N)cc1O. The van der Waals surface area contributed by atoms with E-state index in [1.54, 1.807) is 12.1 Å². The lowest BCUT2D eigenvalue weighted by atomic mass is 10.0. The zero-order valence-corrected chi connectivity index (χ0v) is 9.88. The number of rotatable bonds is 2. The van der Waals surface area contributed by atoms with Gasteiger partial charge >= 0.3 is 0 Å². The largest absolute Gasteiger partial charge is 0.508 e.